The molecule has 4 aromatic carbocycles. The molecule has 4 aromatic rings. The van der Waals surface area contributed by atoms with Crippen LogP contribution in [0.25, 0.3) is 32.3 Å². The number of carbonyl (C=O) groups is 1. The number of hydrogen-bond donors (Lipinski definition) is 2. The van der Waals surface area contributed by atoms with Gasteiger partial charge in [-0.1, -0.05) is 55.1 Å². The molecule has 0 saturated heterocycles. The summed E-state index contributed by atoms with van der Waals surface area (Å²) in [5, 5.41) is 8.44. The van der Waals surface area contributed by atoms with Gasteiger partial charge in [-0.05, 0) is 39.1 Å². The fourth-order valence-corrected chi connectivity index (χ4v) is 4.70. The second-order valence-corrected chi connectivity index (χ2v) is 8.05. The minimum atomic E-state index is -3.72. The van der Waals surface area contributed by atoms with E-state index in [1.54, 1.807) is 6.07 Å². The average molecular weight is 378 g/mol. The molecule has 6 heteroatoms. The molecule has 0 saturated carbocycles. The fourth-order valence-electron chi connectivity index (χ4n) is 3.46. The maximum atomic E-state index is 12.8. The molecule has 0 fully saturated rings. The van der Waals surface area contributed by atoms with Crippen molar-refractivity contribution < 1.29 is 13.2 Å². The van der Waals surface area contributed by atoms with E-state index in [0.29, 0.717) is 5.39 Å². The third kappa shape index (κ3) is 3.03. The van der Waals surface area contributed by atoms with Crippen LogP contribution in [0.5, 0.6) is 0 Å². The molecule has 0 unspecified atom stereocenters. The summed E-state index contributed by atoms with van der Waals surface area (Å²) < 4.78 is 28.2. The summed E-state index contributed by atoms with van der Waals surface area (Å²) in [6.45, 7) is 3.65. The van der Waals surface area contributed by atoms with Crippen LogP contribution in [0.4, 0.5) is 0 Å². The fraction of sp³-hybridized carbons (Fsp3) is 0.0952. The van der Waals surface area contributed by atoms with Gasteiger partial charge in [-0.2, -0.15) is 0 Å². The van der Waals surface area contributed by atoms with Crippen molar-refractivity contribution in [2.45, 2.75) is 4.90 Å². The highest BCUT2D eigenvalue weighted by atomic mass is 32.2. The van der Waals surface area contributed by atoms with Crippen LogP contribution in [0.3, 0.4) is 0 Å². The van der Waals surface area contributed by atoms with Gasteiger partial charge >= 0.3 is 0 Å². The first kappa shape index (κ1) is 17.5. The van der Waals surface area contributed by atoms with Crippen LogP contribution in [0, 0.1) is 0 Å². The molecule has 0 aliphatic carbocycles. The number of benzene rings is 4. The van der Waals surface area contributed by atoms with Crippen LogP contribution in [-0.2, 0) is 14.8 Å². The lowest BCUT2D eigenvalue weighted by atomic mass is 9.94. The zero-order valence-corrected chi connectivity index (χ0v) is 15.3. The highest BCUT2D eigenvalue weighted by molar-refractivity contribution is 7.89. The van der Waals surface area contributed by atoms with Crippen LogP contribution < -0.4 is 10.0 Å². The SMILES string of the molecule is C=CC(=O)NCCNS(=O)(=O)c1ccc2ccc3cccc4ccc1c2c34. The Bertz CT molecular complexity index is 1260. The minimum absolute atomic E-state index is 0.101. The number of rotatable bonds is 6. The quantitative estimate of drug-likeness (QED) is 0.307. The first-order valence-electron chi connectivity index (χ1n) is 8.58. The summed E-state index contributed by atoms with van der Waals surface area (Å²) in [5.41, 5.74) is 0. The van der Waals surface area contributed by atoms with Crippen molar-refractivity contribution in [2.75, 3.05) is 13.1 Å². The minimum Gasteiger partial charge on any atom is -0.351 e. The van der Waals surface area contributed by atoms with E-state index >= 15 is 0 Å². The van der Waals surface area contributed by atoms with E-state index in [4.69, 9.17) is 0 Å². The van der Waals surface area contributed by atoms with Crippen LogP contribution in [0.1, 0.15) is 0 Å². The summed E-state index contributed by atoms with van der Waals surface area (Å²) >= 11 is 0. The van der Waals surface area contributed by atoms with Gasteiger partial charge in [0.15, 0.2) is 0 Å². The van der Waals surface area contributed by atoms with Gasteiger partial charge in [0.25, 0.3) is 0 Å². The molecule has 0 spiro atoms. The maximum absolute atomic E-state index is 12.8. The van der Waals surface area contributed by atoms with Gasteiger partial charge in [0.2, 0.25) is 15.9 Å². The number of nitrogens with one attached hydrogen (secondary N) is 2. The molecule has 2 N–H and O–H groups in total. The molecular formula is C21H18N2O3S. The van der Waals surface area contributed by atoms with Crippen molar-refractivity contribution in [2.24, 2.45) is 0 Å². The molecule has 0 aromatic heterocycles. The molecule has 0 atom stereocenters. The summed E-state index contributed by atoms with van der Waals surface area (Å²) in [6, 6.07) is 17.4. The zero-order chi connectivity index (χ0) is 19.0. The molecule has 5 nitrogen and oxygen atoms in total. The van der Waals surface area contributed by atoms with E-state index in [1.807, 2.05) is 42.5 Å². The number of hydrogen-bond acceptors (Lipinski definition) is 3. The first-order valence-corrected chi connectivity index (χ1v) is 10.1. The molecule has 4 rings (SSSR count). The van der Waals surface area contributed by atoms with E-state index in [1.165, 1.54) is 0 Å². The standard InChI is InChI=1S/C21H18N2O3S/c1-2-19(24)22-12-13-23-27(25,26)18-11-9-16-7-6-14-4-3-5-15-8-10-17(18)21(16)20(14)15/h2-11,23H,1,12-13H2,(H,22,24). The predicted molar refractivity (Wildman–Crippen MR) is 109 cm³/mol. The molecule has 0 aliphatic rings. The summed E-state index contributed by atoms with van der Waals surface area (Å²) in [6.07, 6.45) is 1.15. The van der Waals surface area contributed by atoms with Crippen molar-refractivity contribution in [3.8, 4) is 0 Å². The highest BCUT2D eigenvalue weighted by Gasteiger charge is 2.19. The Morgan fingerprint density at radius 2 is 1.52 bits per heavy atom. The lowest BCUT2D eigenvalue weighted by Gasteiger charge is -2.14. The van der Waals surface area contributed by atoms with Crippen LogP contribution in [0.2, 0.25) is 0 Å². The molecule has 1 amide bonds. The van der Waals surface area contributed by atoms with Crippen LogP contribution in [0.15, 0.2) is 72.1 Å². The highest BCUT2D eigenvalue weighted by Crippen LogP contribution is 2.37. The maximum Gasteiger partial charge on any atom is 0.243 e. The third-order valence-electron chi connectivity index (χ3n) is 4.68. The van der Waals surface area contributed by atoms with Gasteiger partial charge in [0.1, 0.15) is 0 Å². The molecular weight excluding hydrogens is 360 g/mol. The van der Waals surface area contributed by atoms with Crippen LogP contribution >= 0.6 is 0 Å². The first-order chi connectivity index (χ1) is 13.0. The molecule has 0 heterocycles. The topological polar surface area (TPSA) is 75.3 Å². The molecule has 136 valence electrons. The summed E-state index contributed by atoms with van der Waals surface area (Å²) in [7, 11) is -3.72. The third-order valence-corrected chi connectivity index (χ3v) is 6.20. The second kappa shape index (κ2) is 6.64. The monoisotopic (exact) mass is 378 g/mol. The van der Waals surface area contributed by atoms with E-state index in [2.05, 4.69) is 22.7 Å². The largest absolute Gasteiger partial charge is 0.351 e. The Kier molecular flexibility index (Phi) is 4.30. The Morgan fingerprint density at radius 3 is 2.22 bits per heavy atom. The Hall–Kier alpha value is -2.96. The number of sulfonamides is 1. The number of amides is 1. The Labute approximate surface area is 157 Å². The zero-order valence-electron chi connectivity index (χ0n) is 14.5. The molecule has 27 heavy (non-hydrogen) atoms. The molecule has 0 aliphatic heterocycles. The normalized spacial score (nSPS) is 12.0. The van der Waals surface area contributed by atoms with Gasteiger partial charge in [0.05, 0.1) is 4.90 Å². The van der Waals surface area contributed by atoms with E-state index < -0.39 is 10.0 Å². The lowest BCUT2D eigenvalue weighted by molar-refractivity contribution is -0.116. The van der Waals surface area contributed by atoms with Gasteiger partial charge in [0, 0.05) is 18.5 Å². The Morgan fingerprint density at radius 1 is 0.889 bits per heavy atom. The molecule has 0 radical (unpaired) electrons. The van der Waals surface area contributed by atoms with Gasteiger partial charge < -0.3 is 5.32 Å². The predicted octanol–water partition coefficient (Wildman–Crippen LogP) is 3.16. The number of carbonyl (C=O) groups excluding carboxylic acids is 1. The van der Waals surface area contributed by atoms with E-state index in [0.717, 1.165) is 33.0 Å². The van der Waals surface area contributed by atoms with Crippen molar-refractivity contribution in [3.05, 3.63) is 67.3 Å². The second-order valence-electron chi connectivity index (χ2n) is 6.31. The average Bonchev–Trinajstić information content (AvgIpc) is 2.69. The smallest absolute Gasteiger partial charge is 0.243 e. The molecule has 0 bridgehead atoms. The van der Waals surface area contributed by atoms with E-state index in [-0.39, 0.29) is 23.9 Å². The van der Waals surface area contributed by atoms with Gasteiger partial charge in [-0.3, -0.25) is 4.79 Å². The van der Waals surface area contributed by atoms with Crippen molar-refractivity contribution in [3.63, 3.8) is 0 Å². The Balaban J connectivity index is 1.77. The summed E-state index contributed by atoms with van der Waals surface area (Å²) in [4.78, 5) is 11.4. The van der Waals surface area contributed by atoms with Gasteiger partial charge in [-0.15, -0.1) is 0 Å². The van der Waals surface area contributed by atoms with E-state index in [9.17, 15) is 13.2 Å². The summed E-state index contributed by atoms with van der Waals surface area (Å²) in [5.74, 6) is -0.336. The van der Waals surface area contributed by atoms with Crippen molar-refractivity contribution in [1.29, 1.82) is 0 Å². The van der Waals surface area contributed by atoms with Gasteiger partial charge in [-0.25, -0.2) is 13.1 Å². The lowest BCUT2D eigenvalue weighted by Crippen LogP contribution is -2.34. The van der Waals surface area contributed by atoms with Crippen LogP contribution in [-0.4, -0.2) is 27.4 Å². The van der Waals surface area contributed by atoms with Crippen molar-refractivity contribution >= 4 is 48.2 Å². The van der Waals surface area contributed by atoms with Crippen molar-refractivity contribution in [1.82, 2.24) is 10.0 Å².